The number of halogens is 3. The fourth-order valence-corrected chi connectivity index (χ4v) is 4.98. The number of thiazole rings is 1. The monoisotopic (exact) mass is 486 g/mol. The normalized spacial score (nSPS) is 17.1. The van der Waals surface area contributed by atoms with Crippen LogP contribution in [-0.2, 0) is 9.59 Å². The van der Waals surface area contributed by atoms with Gasteiger partial charge in [-0.25, -0.2) is 4.98 Å². The molecule has 2 aromatic rings. The molecule has 182 valence electrons. The van der Waals surface area contributed by atoms with Crippen LogP contribution in [0.1, 0.15) is 52.4 Å². The van der Waals surface area contributed by atoms with Gasteiger partial charge < -0.3 is 21.1 Å². The Hall–Kier alpha value is -2.40. The summed E-state index contributed by atoms with van der Waals surface area (Å²) >= 11 is 1.08. The number of alkyl halides is 3. The summed E-state index contributed by atoms with van der Waals surface area (Å²) in [7, 11) is 0. The van der Waals surface area contributed by atoms with E-state index in [0.29, 0.717) is 21.9 Å². The van der Waals surface area contributed by atoms with Crippen molar-refractivity contribution in [3.63, 3.8) is 0 Å². The summed E-state index contributed by atoms with van der Waals surface area (Å²) in [6.45, 7) is 4.13. The van der Waals surface area contributed by atoms with Crippen LogP contribution in [0.15, 0.2) is 18.2 Å². The van der Waals surface area contributed by atoms with Crippen molar-refractivity contribution in [1.29, 1.82) is 0 Å². The first-order valence-corrected chi connectivity index (χ1v) is 11.8. The first-order valence-electron chi connectivity index (χ1n) is 11.0. The van der Waals surface area contributed by atoms with Crippen molar-refractivity contribution >= 4 is 38.5 Å². The zero-order chi connectivity index (χ0) is 24.2. The maximum atomic E-state index is 12.8. The van der Waals surface area contributed by atoms with E-state index >= 15 is 0 Å². The van der Waals surface area contributed by atoms with Crippen LogP contribution >= 0.6 is 11.3 Å². The third kappa shape index (κ3) is 7.04. The Balaban J connectivity index is 1.66. The molecule has 2 amide bonds. The van der Waals surface area contributed by atoms with Crippen LogP contribution in [0, 0.1) is 11.3 Å². The Morgan fingerprint density at radius 3 is 2.58 bits per heavy atom. The fourth-order valence-electron chi connectivity index (χ4n) is 4.07. The molecule has 4 N–H and O–H groups in total. The van der Waals surface area contributed by atoms with Crippen LogP contribution in [0.2, 0.25) is 0 Å². The summed E-state index contributed by atoms with van der Waals surface area (Å²) in [5.41, 5.74) is 6.04. The van der Waals surface area contributed by atoms with Gasteiger partial charge >= 0.3 is 6.36 Å². The quantitative estimate of drug-likeness (QED) is 0.507. The number of aromatic nitrogens is 1. The van der Waals surface area contributed by atoms with Gasteiger partial charge in [0.15, 0.2) is 5.13 Å². The number of benzene rings is 1. The highest BCUT2D eigenvalue weighted by Gasteiger charge is 2.35. The highest BCUT2D eigenvalue weighted by Crippen LogP contribution is 2.39. The van der Waals surface area contributed by atoms with Gasteiger partial charge in [-0.2, -0.15) is 0 Å². The van der Waals surface area contributed by atoms with Gasteiger partial charge in [-0.05, 0) is 36.3 Å². The Bertz CT molecular complexity index is 987. The number of fused-ring (bicyclic) bond motifs is 1. The van der Waals surface area contributed by atoms with E-state index in [1.165, 1.54) is 18.2 Å². The van der Waals surface area contributed by atoms with E-state index < -0.39 is 12.4 Å². The maximum Gasteiger partial charge on any atom is 0.573 e. The van der Waals surface area contributed by atoms with Gasteiger partial charge in [-0.3, -0.25) is 9.59 Å². The average molecular weight is 487 g/mol. The number of amides is 2. The molecule has 1 aromatic heterocycles. The molecule has 0 bridgehead atoms. The van der Waals surface area contributed by atoms with E-state index in [0.717, 1.165) is 43.4 Å². The van der Waals surface area contributed by atoms with Gasteiger partial charge in [0.1, 0.15) is 5.75 Å². The highest BCUT2D eigenvalue weighted by molar-refractivity contribution is 7.22. The van der Waals surface area contributed by atoms with E-state index in [2.05, 4.69) is 20.4 Å². The Morgan fingerprint density at radius 1 is 1.24 bits per heavy atom. The number of anilines is 1. The number of nitrogens with two attached hydrogens (primary N) is 1. The van der Waals surface area contributed by atoms with Crippen LogP contribution in [0.3, 0.4) is 0 Å². The predicted molar refractivity (Wildman–Crippen MR) is 121 cm³/mol. The zero-order valence-electron chi connectivity index (χ0n) is 18.6. The SMILES string of the molecule is CC(C)[C@@H](N)C(=O)NCC1(CC(=O)Nc2nc3ccc(OC(F)(F)F)cc3s2)CCCCC1. The fraction of sp³-hybridized carbons (Fsp3) is 0.591. The molecule has 1 heterocycles. The zero-order valence-corrected chi connectivity index (χ0v) is 19.4. The largest absolute Gasteiger partial charge is 0.573 e. The van der Waals surface area contributed by atoms with Gasteiger partial charge in [0, 0.05) is 19.0 Å². The van der Waals surface area contributed by atoms with Crippen molar-refractivity contribution in [3.8, 4) is 5.75 Å². The molecule has 1 aromatic carbocycles. The molecule has 0 unspecified atom stereocenters. The molecule has 0 spiro atoms. The first kappa shape index (κ1) is 25.2. The summed E-state index contributed by atoms with van der Waals surface area (Å²) in [5.74, 6) is -0.798. The van der Waals surface area contributed by atoms with E-state index in [9.17, 15) is 22.8 Å². The molecule has 0 aliphatic heterocycles. The van der Waals surface area contributed by atoms with Gasteiger partial charge in [-0.15, -0.1) is 13.2 Å². The van der Waals surface area contributed by atoms with Gasteiger partial charge in [0.05, 0.1) is 16.3 Å². The number of nitrogens with one attached hydrogen (secondary N) is 2. The maximum absolute atomic E-state index is 12.8. The molecule has 1 fully saturated rings. The van der Waals surface area contributed by atoms with Crippen molar-refractivity contribution in [2.24, 2.45) is 17.1 Å². The standard InChI is InChI=1S/C22H29F3N4O3S/c1-13(2)18(26)19(31)27-12-21(8-4-3-5-9-21)11-17(30)29-20-28-15-7-6-14(10-16(15)33-20)32-22(23,24)25/h6-7,10,13,18H,3-5,8-9,11-12,26H2,1-2H3,(H,27,31)(H,28,29,30)/t18-/m1/s1. The Labute approximate surface area is 194 Å². The number of hydrogen-bond donors (Lipinski definition) is 3. The van der Waals surface area contributed by atoms with E-state index in [-0.39, 0.29) is 35.3 Å². The summed E-state index contributed by atoms with van der Waals surface area (Å²) in [4.78, 5) is 29.5. The molecular formula is C22H29F3N4O3S. The Morgan fingerprint density at radius 2 is 1.94 bits per heavy atom. The van der Waals surface area contributed by atoms with Gasteiger partial charge in [-0.1, -0.05) is 44.4 Å². The molecular weight excluding hydrogens is 457 g/mol. The second-order valence-electron chi connectivity index (χ2n) is 8.97. The second kappa shape index (κ2) is 10.3. The molecule has 0 saturated heterocycles. The molecule has 7 nitrogen and oxygen atoms in total. The minimum Gasteiger partial charge on any atom is -0.406 e. The molecule has 11 heteroatoms. The number of carbonyl (C=O) groups is 2. The summed E-state index contributed by atoms with van der Waals surface area (Å²) in [6, 6.07) is 3.24. The van der Waals surface area contributed by atoms with Crippen molar-refractivity contribution in [1.82, 2.24) is 10.3 Å². The minimum absolute atomic E-state index is 0.0108. The number of rotatable bonds is 8. The van der Waals surface area contributed by atoms with Crippen LogP contribution < -0.4 is 21.1 Å². The molecule has 0 radical (unpaired) electrons. The lowest BCUT2D eigenvalue weighted by Crippen LogP contribution is -2.48. The average Bonchev–Trinajstić information content (AvgIpc) is 3.12. The van der Waals surface area contributed by atoms with E-state index in [1.807, 2.05) is 13.8 Å². The van der Waals surface area contributed by atoms with Crippen LogP contribution in [0.5, 0.6) is 5.75 Å². The van der Waals surface area contributed by atoms with Gasteiger partial charge in [0.2, 0.25) is 11.8 Å². The number of hydrogen-bond acceptors (Lipinski definition) is 6. The summed E-state index contributed by atoms with van der Waals surface area (Å²) < 4.78 is 41.8. The van der Waals surface area contributed by atoms with Crippen LogP contribution in [0.25, 0.3) is 10.2 Å². The van der Waals surface area contributed by atoms with E-state index in [4.69, 9.17) is 5.73 Å². The van der Waals surface area contributed by atoms with Gasteiger partial charge in [0.25, 0.3) is 0 Å². The van der Waals surface area contributed by atoms with Crippen molar-refractivity contribution < 1.29 is 27.5 Å². The molecule has 1 aliphatic rings. The highest BCUT2D eigenvalue weighted by atomic mass is 32.1. The predicted octanol–water partition coefficient (Wildman–Crippen LogP) is 4.57. The molecule has 1 aliphatic carbocycles. The molecule has 1 atom stereocenters. The van der Waals surface area contributed by atoms with E-state index in [1.54, 1.807) is 0 Å². The summed E-state index contributed by atoms with van der Waals surface area (Å²) in [5, 5.41) is 6.00. The molecule has 1 saturated carbocycles. The summed E-state index contributed by atoms with van der Waals surface area (Å²) in [6.07, 6.45) is 0.0972. The third-order valence-electron chi connectivity index (χ3n) is 5.95. The number of nitrogens with zero attached hydrogens (tertiary/aromatic N) is 1. The lowest BCUT2D eigenvalue weighted by molar-refractivity contribution is -0.274. The third-order valence-corrected chi connectivity index (χ3v) is 6.88. The van der Waals surface area contributed by atoms with Crippen molar-refractivity contribution in [3.05, 3.63) is 18.2 Å². The van der Waals surface area contributed by atoms with Crippen molar-refractivity contribution in [2.45, 2.75) is 64.8 Å². The molecule has 3 rings (SSSR count). The van der Waals surface area contributed by atoms with Crippen LogP contribution in [0.4, 0.5) is 18.3 Å². The number of carbonyl (C=O) groups excluding carboxylic acids is 2. The van der Waals surface area contributed by atoms with Crippen molar-refractivity contribution in [2.75, 3.05) is 11.9 Å². The lowest BCUT2D eigenvalue weighted by atomic mass is 9.71. The second-order valence-corrected chi connectivity index (χ2v) is 10.0. The lowest BCUT2D eigenvalue weighted by Gasteiger charge is -2.37. The van der Waals surface area contributed by atoms with Crippen LogP contribution in [-0.4, -0.2) is 35.7 Å². The number of ether oxygens (including phenoxy) is 1. The first-order chi connectivity index (χ1) is 15.5. The Kier molecular flexibility index (Phi) is 7.84. The minimum atomic E-state index is -4.78. The molecule has 33 heavy (non-hydrogen) atoms. The topological polar surface area (TPSA) is 106 Å². The smallest absolute Gasteiger partial charge is 0.406 e.